The Hall–Kier alpha value is -4.29. The Morgan fingerprint density at radius 3 is 1.11 bits per heavy atom. The standard InChI is InChI=1S/C19H24.C16H30OSi2.C14H14.C11H16/c1-13-7-9-17(11-15(13)3)19(5,6)18-10-8-14(2)16(4)12-18;1-7-8-13-18(3,4)17-19(5,6)14-16-11-9-15(2)10-12-16;1-11-3-7-13(8-4-11)14-9-5-12(2)6-10-14;1-9-5-7-10(8-6-9)11(2,3)4/h7-12H,1-6H3;9-12H,7-8,13-14H2,1-6H3;3-10H,1-2H3;5-8H,1-4H3. The van der Waals surface area contributed by atoms with Crippen molar-refractivity contribution in [2.24, 2.45) is 0 Å². The van der Waals surface area contributed by atoms with Crippen molar-refractivity contribution >= 4 is 16.6 Å². The van der Waals surface area contributed by atoms with E-state index in [1.54, 1.807) is 0 Å². The third-order valence-electron chi connectivity index (χ3n) is 12.2. The van der Waals surface area contributed by atoms with E-state index in [1.165, 1.54) is 96.8 Å². The van der Waals surface area contributed by atoms with Crippen molar-refractivity contribution < 1.29 is 4.12 Å². The predicted octanol–water partition coefficient (Wildman–Crippen LogP) is 17.8. The van der Waals surface area contributed by atoms with E-state index in [1.807, 2.05) is 0 Å². The highest BCUT2D eigenvalue weighted by molar-refractivity contribution is 6.84. The molecule has 0 N–H and O–H groups in total. The molecule has 0 radical (unpaired) electrons. The first-order valence-electron chi connectivity index (χ1n) is 23.4. The molecular formula is C60H84OSi2. The van der Waals surface area contributed by atoms with Gasteiger partial charge in [-0.05, 0) is 155 Å². The largest absolute Gasteiger partial charge is 0.455 e. The predicted molar refractivity (Wildman–Crippen MR) is 286 cm³/mol. The monoisotopic (exact) mass is 877 g/mol. The van der Waals surface area contributed by atoms with Crippen LogP contribution in [0.3, 0.4) is 0 Å². The fourth-order valence-corrected chi connectivity index (χ4v) is 16.7. The van der Waals surface area contributed by atoms with Gasteiger partial charge in [0.1, 0.15) is 0 Å². The molecule has 0 unspecified atom stereocenters. The summed E-state index contributed by atoms with van der Waals surface area (Å²) in [4.78, 5) is 0. The Morgan fingerprint density at radius 1 is 0.413 bits per heavy atom. The van der Waals surface area contributed by atoms with Crippen LogP contribution in [0.2, 0.25) is 32.2 Å². The summed E-state index contributed by atoms with van der Waals surface area (Å²) in [5.74, 6) is 0. The van der Waals surface area contributed by atoms with Gasteiger partial charge in [0.25, 0.3) is 0 Å². The Labute approximate surface area is 389 Å². The van der Waals surface area contributed by atoms with Gasteiger partial charge in [-0.25, -0.2) is 0 Å². The average molecular weight is 878 g/mol. The first kappa shape index (κ1) is 53.1. The molecule has 0 aliphatic heterocycles. The van der Waals surface area contributed by atoms with Crippen LogP contribution in [0.5, 0.6) is 0 Å². The normalized spacial score (nSPS) is 11.7. The van der Waals surface area contributed by atoms with Crippen molar-refractivity contribution in [3.8, 4) is 11.1 Å². The summed E-state index contributed by atoms with van der Waals surface area (Å²) in [6, 6.07) is 51.0. The summed E-state index contributed by atoms with van der Waals surface area (Å²) >= 11 is 0. The zero-order chi connectivity index (χ0) is 47.2. The van der Waals surface area contributed by atoms with Gasteiger partial charge in [0, 0.05) is 5.41 Å². The number of aryl methyl sites for hydroxylation is 8. The van der Waals surface area contributed by atoms with Gasteiger partial charge in [0.15, 0.2) is 16.6 Å². The molecule has 6 aromatic rings. The van der Waals surface area contributed by atoms with Crippen molar-refractivity contribution in [3.05, 3.63) is 200 Å². The van der Waals surface area contributed by atoms with Gasteiger partial charge in [0.2, 0.25) is 0 Å². The summed E-state index contributed by atoms with van der Waals surface area (Å²) in [7, 11) is -3.05. The fourth-order valence-electron chi connectivity index (χ4n) is 7.61. The Kier molecular flexibility index (Phi) is 19.9. The van der Waals surface area contributed by atoms with Crippen LogP contribution in [0.15, 0.2) is 133 Å². The van der Waals surface area contributed by atoms with Crippen LogP contribution >= 0.6 is 0 Å². The minimum Gasteiger partial charge on any atom is -0.455 e. The Balaban J connectivity index is 0.000000228. The highest BCUT2D eigenvalue weighted by Crippen LogP contribution is 2.33. The van der Waals surface area contributed by atoms with Crippen LogP contribution in [-0.4, -0.2) is 16.6 Å². The number of unbranched alkanes of at least 4 members (excludes halogenated alkanes) is 1. The molecule has 1 nitrogen and oxygen atoms in total. The maximum atomic E-state index is 6.64. The van der Waals surface area contributed by atoms with Crippen LogP contribution in [-0.2, 0) is 21.0 Å². The van der Waals surface area contributed by atoms with Crippen LogP contribution in [0.4, 0.5) is 0 Å². The molecule has 0 saturated carbocycles. The lowest BCUT2D eigenvalue weighted by Crippen LogP contribution is -2.46. The minimum atomic E-state index is -1.59. The third kappa shape index (κ3) is 18.0. The van der Waals surface area contributed by atoms with Crippen molar-refractivity contribution in [2.75, 3.05) is 0 Å². The zero-order valence-electron chi connectivity index (χ0n) is 42.9. The van der Waals surface area contributed by atoms with E-state index < -0.39 is 16.6 Å². The van der Waals surface area contributed by atoms with Gasteiger partial charge in [-0.1, -0.05) is 210 Å². The molecule has 0 amide bonds. The van der Waals surface area contributed by atoms with Crippen LogP contribution in [0, 0.1) is 55.4 Å². The molecular weight excluding hydrogens is 793 g/mol. The number of hydrogen-bond donors (Lipinski definition) is 0. The second kappa shape index (κ2) is 23.6. The summed E-state index contributed by atoms with van der Waals surface area (Å²) in [6.45, 7) is 40.3. The van der Waals surface area contributed by atoms with E-state index in [0.29, 0.717) is 0 Å². The molecule has 0 saturated heterocycles. The van der Waals surface area contributed by atoms with Crippen molar-refractivity contribution in [3.63, 3.8) is 0 Å². The summed E-state index contributed by atoms with van der Waals surface area (Å²) in [6.07, 6.45) is 2.59. The molecule has 0 aromatic heterocycles. The lowest BCUT2D eigenvalue weighted by molar-refractivity contribution is 0.533. The first-order chi connectivity index (χ1) is 29.3. The van der Waals surface area contributed by atoms with E-state index >= 15 is 0 Å². The maximum absolute atomic E-state index is 6.64. The van der Waals surface area contributed by atoms with Gasteiger partial charge < -0.3 is 4.12 Å². The molecule has 338 valence electrons. The summed E-state index contributed by atoms with van der Waals surface area (Å²) < 4.78 is 6.64. The smallest absolute Gasteiger partial charge is 0.177 e. The van der Waals surface area contributed by atoms with Gasteiger partial charge >= 0.3 is 0 Å². The van der Waals surface area contributed by atoms with Crippen LogP contribution in [0.25, 0.3) is 11.1 Å². The summed E-state index contributed by atoms with van der Waals surface area (Å²) in [5, 5.41) is 0. The van der Waals surface area contributed by atoms with E-state index in [2.05, 4.69) is 257 Å². The molecule has 0 spiro atoms. The topological polar surface area (TPSA) is 9.23 Å². The van der Waals surface area contributed by atoms with E-state index in [9.17, 15) is 0 Å². The van der Waals surface area contributed by atoms with Crippen molar-refractivity contribution in [2.45, 2.75) is 159 Å². The van der Waals surface area contributed by atoms with E-state index in [-0.39, 0.29) is 10.8 Å². The highest BCUT2D eigenvalue weighted by atomic mass is 28.4. The molecule has 0 fully saturated rings. The van der Waals surface area contributed by atoms with Crippen molar-refractivity contribution in [1.29, 1.82) is 0 Å². The number of benzene rings is 6. The molecule has 0 atom stereocenters. The lowest BCUT2D eigenvalue weighted by Gasteiger charge is -2.34. The average Bonchev–Trinajstić information content (AvgIpc) is 3.21. The minimum absolute atomic E-state index is 0.0525. The van der Waals surface area contributed by atoms with Crippen LogP contribution in [0.1, 0.15) is 121 Å². The Morgan fingerprint density at radius 2 is 0.762 bits per heavy atom. The van der Waals surface area contributed by atoms with Crippen molar-refractivity contribution in [1.82, 2.24) is 0 Å². The van der Waals surface area contributed by atoms with Crippen LogP contribution < -0.4 is 0 Å². The maximum Gasteiger partial charge on any atom is 0.177 e. The molecule has 0 heterocycles. The molecule has 3 heteroatoms. The third-order valence-corrected chi connectivity index (χ3v) is 19.5. The first-order valence-corrected chi connectivity index (χ1v) is 29.7. The van der Waals surface area contributed by atoms with Gasteiger partial charge in [-0.2, -0.15) is 0 Å². The molecule has 0 aliphatic carbocycles. The number of rotatable bonds is 10. The fraction of sp³-hybridized carbons (Fsp3) is 0.400. The molecule has 0 aliphatic rings. The van der Waals surface area contributed by atoms with Gasteiger partial charge in [0.05, 0.1) is 0 Å². The molecule has 63 heavy (non-hydrogen) atoms. The van der Waals surface area contributed by atoms with Gasteiger partial charge in [-0.3, -0.25) is 0 Å². The molecule has 6 rings (SSSR count). The molecule has 6 aromatic carbocycles. The lowest BCUT2D eigenvalue weighted by atomic mass is 9.76. The summed E-state index contributed by atoms with van der Waals surface area (Å²) in [5.41, 5.74) is 19.3. The Bertz CT molecular complexity index is 2170. The zero-order valence-corrected chi connectivity index (χ0v) is 44.9. The van der Waals surface area contributed by atoms with E-state index in [4.69, 9.17) is 4.12 Å². The quantitative estimate of drug-likeness (QED) is 0.125. The second-order valence-electron chi connectivity index (χ2n) is 21.0. The SMILES string of the molecule is CCCC[Si](C)(C)O[Si](C)(C)Cc1ccc(C)cc1.Cc1ccc(-c2ccc(C)cc2)cc1.Cc1ccc(C(C)(C)C)cc1.Cc1ccc(C(C)(C)c2ccc(C)c(C)c2)cc1C. The van der Waals surface area contributed by atoms with E-state index in [0.717, 1.165) is 6.04 Å². The number of hydrogen-bond acceptors (Lipinski definition) is 1. The second-order valence-corrected chi connectivity index (χ2v) is 29.7. The molecule has 0 bridgehead atoms. The highest BCUT2D eigenvalue weighted by Gasteiger charge is 2.32. The van der Waals surface area contributed by atoms with Gasteiger partial charge in [-0.15, -0.1) is 0 Å².